The van der Waals surface area contributed by atoms with Gasteiger partial charge in [0, 0.05) is 6.92 Å². The molecule has 1 amide bonds. The Morgan fingerprint density at radius 1 is 1.54 bits per heavy atom. The molecule has 2 N–H and O–H groups in total. The summed E-state index contributed by atoms with van der Waals surface area (Å²) >= 11 is 0. The molecule has 0 saturated heterocycles. The first-order valence-electron chi connectivity index (χ1n) is 3.73. The lowest BCUT2D eigenvalue weighted by molar-refractivity contribution is -0.117. The predicted octanol–water partition coefficient (Wildman–Crippen LogP) is 1.21. The first-order chi connectivity index (χ1) is 5.83. The van der Waals surface area contributed by atoms with Gasteiger partial charge in [0.05, 0.1) is 6.61 Å². The zero-order valence-electron chi connectivity index (χ0n) is 7.90. The molecule has 1 atom stereocenters. The number of rotatable bonds is 4. The normalized spacial score (nSPS) is 14.5. The van der Waals surface area contributed by atoms with Crippen LogP contribution in [0.15, 0.2) is 11.6 Å². The van der Waals surface area contributed by atoms with E-state index < -0.39 is 13.7 Å². The molecule has 76 valence electrons. The van der Waals surface area contributed by atoms with Crippen molar-refractivity contribution >= 4 is 13.7 Å². The molecule has 0 aromatic heterocycles. The molecule has 0 heterocycles. The molecule has 0 bridgehead atoms. The van der Waals surface area contributed by atoms with Crippen LogP contribution in [0.2, 0.25) is 0 Å². The van der Waals surface area contributed by atoms with Gasteiger partial charge >= 0.3 is 7.75 Å². The van der Waals surface area contributed by atoms with Crippen LogP contribution in [0.1, 0.15) is 20.8 Å². The van der Waals surface area contributed by atoms with Crippen LogP contribution in [-0.4, -0.2) is 17.4 Å². The molecule has 0 aliphatic carbocycles. The van der Waals surface area contributed by atoms with E-state index in [2.05, 4.69) is 4.52 Å². The maximum Gasteiger partial charge on any atom is 0.432 e. The number of allylic oxidation sites excluding steroid dienone is 1. The second-order valence-electron chi connectivity index (χ2n) is 2.77. The molecule has 6 heteroatoms. The minimum absolute atomic E-state index is 0.0103. The average molecular weight is 207 g/mol. The Balaban J connectivity index is 3.97. The van der Waals surface area contributed by atoms with Crippen LogP contribution in [0.3, 0.4) is 0 Å². The number of carbonyl (C=O) groups excluding carboxylic acids is 1. The summed E-state index contributed by atoms with van der Waals surface area (Å²) in [5.74, 6) is -0.594. The van der Waals surface area contributed by atoms with Gasteiger partial charge in [-0.25, -0.2) is 4.57 Å². The van der Waals surface area contributed by atoms with E-state index >= 15 is 0 Å². The summed E-state index contributed by atoms with van der Waals surface area (Å²) in [5.41, 5.74) is 0.975. The van der Waals surface area contributed by atoms with E-state index in [1.165, 1.54) is 0 Å². The molecule has 0 spiro atoms. The van der Waals surface area contributed by atoms with Crippen molar-refractivity contribution in [1.29, 1.82) is 0 Å². The molecular formula is C7H14NO4P. The van der Waals surface area contributed by atoms with Crippen LogP contribution in [0, 0.1) is 0 Å². The highest BCUT2D eigenvalue weighted by Crippen LogP contribution is 2.36. The third-order valence-electron chi connectivity index (χ3n) is 1.04. The van der Waals surface area contributed by atoms with Crippen LogP contribution < -0.4 is 5.09 Å². The van der Waals surface area contributed by atoms with Crippen molar-refractivity contribution in [1.82, 2.24) is 5.09 Å². The van der Waals surface area contributed by atoms with E-state index in [1.54, 1.807) is 6.08 Å². The standard InChI is InChI=1S/C7H14NO4P/c1-6(2)4-5-12-13(10,11)8-7(3)9/h4H,5H2,1-3H3,(H2,8,9,10,11). The second kappa shape index (κ2) is 5.17. The summed E-state index contributed by atoms with van der Waals surface area (Å²) in [4.78, 5) is 19.4. The van der Waals surface area contributed by atoms with Gasteiger partial charge in [0.1, 0.15) is 0 Å². The minimum Gasteiger partial charge on any atom is -0.308 e. The Hall–Kier alpha value is -0.640. The molecule has 0 radical (unpaired) electrons. The molecule has 0 aromatic carbocycles. The van der Waals surface area contributed by atoms with E-state index in [4.69, 9.17) is 4.89 Å². The molecule has 1 unspecified atom stereocenters. The first-order valence-corrected chi connectivity index (χ1v) is 5.31. The smallest absolute Gasteiger partial charge is 0.308 e. The highest BCUT2D eigenvalue weighted by molar-refractivity contribution is 7.51. The summed E-state index contributed by atoms with van der Waals surface area (Å²) in [5, 5.41) is 1.81. The lowest BCUT2D eigenvalue weighted by Gasteiger charge is -2.09. The molecule has 0 saturated carbocycles. The van der Waals surface area contributed by atoms with Gasteiger partial charge < -0.3 is 4.89 Å². The van der Waals surface area contributed by atoms with Gasteiger partial charge in [0.15, 0.2) is 0 Å². The molecule has 5 nitrogen and oxygen atoms in total. The zero-order chi connectivity index (χ0) is 10.5. The van der Waals surface area contributed by atoms with Crippen molar-refractivity contribution in [2.24, 2.45) is 0 Å². The van der Waals surface area contributed by atoms with Gasteiger partial charge in [-0.15, -0.1) is 0 Å². The fourth-order valence-corrected chi connectivity index (χ4v) is 1.28. The quantitative estimate of drug-likeness (QED) is 0.536. The van der Waals surface area contributed by atoms with Crippen LogP contribution in [0.25, 0.3) is 0 Å². The van der Waals surface area contributed by atoms with Crippen molar-refractivity contribution in [2.75, 3.05) is 6.61 Å². The van der Waals surface area contributed by atoms with Crippen molar-refractivity contribution in [3.8, 4) is 0 Å². The largest absolute Gasteiger partial charge is 0.432 e. The van der Waals surface area contributed by atoms with Gasteiger partial charge in [0.25, 0.3) is 0 Å². The third-order valence-corrected chi connectivity index (χ3v) is 2.14. The van der Waals surface area contributed by atoms with E-state index in [-0.39, 0.29) is 6.61 Å². The predicted molar refractivity (Wildman–Crippen MR) is 49.0 cm³/mol. The highest BCUT2D eigenvalue weighted by Gasteiger charge is 2.19. The van der Waals surface area contributed by atoms with Crippen molar-refractivity contribution < 1.29 is 18.8 Å². The number of nitrogens with one attached hydrogen (secondary N) is 1. The molecule has 0 aliphatic rings. The van der Waals surface area contributed by atoms with Crippen LogP contribution in [0.5, 0.6) is 0 Å². The van der Waals surface area contributed by atoms with Crippen molar-refractivity contribution in [2.45, 2.75) is 20.8 Å². The molecule has 0 aliphatic heterocycles. The number of hydrogen-bond acceptors (Lipinski definition) is 3. The van der Waals surface area contributed by atoms with Gasteiger partial charge in [-0.05, 0) is 13.8 Å². The van der Waals surface area contributed by atoms with Gasteiger partial charge in [0.2, 0.25) is 5.91 Å². The Bertz CT molecular complexity index is 257. The molecule has 0 rings (SSSR count). The zero-order valence-corrected chi connectivity index (χ0v) is 8.80. The first kappa shape index (κ1) is 12.4. The molecule has 0 aromatic rings. The number of carbonyl (C=O) groups is 1. The highest BCUT2D eigenvalue weighted by atomic mass is 31.2. The van der Waals surface area contributed by atoms with Gasteiger partial charge in [-0.2, -0.15) is 0 Å². The Kier molecular flexibility index (Phi) is 4.91. The SMILES string of the molecule is CC(=O)NP(=O)(O)OCC=C(C)C. The molecule has 0 fully saturated rings. The maximum absolute atomic E-state index is 11.0. The molecular weight excluding hydrogens is 193 g/mol. The summed E-state index contributed by atoms with van der Waals surface area (Å²) in [6, 6.07) is 0. The minimum atomic E-state index is -3.95. The molecule has 13 heavy (non-hydrogen) atoms. The monoisotopic (exact) mass is 207 g/mol. The summed E-state index contributed by atoms with van der Waals surface area (Å²) in [7, 11) is -3.95. The maximum atomic E-state index is 11.0. The van der Waals surface area contributed by atoms with Gasteiger partial charge in [-0.1, -0.05) is 11.6 Å². The van der Waals surface area contributed by atoms with Crippen molar-refractivity contribution in [3.63, 3.8) is 0 Å². The van der Waals surface area contributed by atoms with E-state index in [0.717, 1.165) is 12.5 Å². The van der Waals surface area contributed by atoms with Crippen LogP contribution in [-0.2, 0) is 13.9 Å². The fraction of sp³-hybridized carbons (Fsp3) is 0.571. The Morgan fingerprint density at radius 2 is 2.08 bits per heavy atom. The van der Waals surface area contributed by atoms with Crippen LogP contribution >= 0.6 is 7.75 Å². The summed E-state index contributed by atoms with van der Waals surface area (Å²) in [6.45, 7) is 4.83. The summed E-state index contributed by atoms with van der Waals surface area (Å²) < 4.78 is 15.5. The lowest BCUT2D eigenvalue weighted by atomic mass is 10.3. The van der Waals surface area contributed by atoms with E-state index in [9.17, 15) is 9.36 Å². The van der Waals surface area contributed by atoms with Crippen LogP contribution in [0.4, 0.5) is 0 Å². The van der Waals surface area contributed by atoms with Gasteiger partial charge in [-0.3, -0.25) is 14.4 Å². The van der Waals surface area contributed by atoms with E-state index in [0.29, 0.717) is 0 Å². The average Bonchev–Trinajstić information content (AvgIpc) is 1.81. The summed E-state index contributed by atoms with van der Waals surface area (Å²) in [6.07, 6.45) is 1.64. The third kappa shape index (κ3) is 7.71. The lowest BCUT2D eigenvalue weighted by Crippen LogP contribution is -2.17. The number of amides is 1. The number of hydrogen-bond donors (Lipinski definition) is 2. The topological polar surface area (TPSA) is 75.6 Å². The second-order valence-corrected chi connectivity index (χ2v) is 4.29. The van der Waals surface area contributed by atoms with E-state index in [1.807, 2.05) is 18.9 Å². The fourth-order valence-electron chi connectivity index (χ4n) is 0.536. The Labute approximate surface area is 77.4 Å². The Morgan fingerprint density at radius 3 is 2.46 bits per heavy atom. The van der Waals surface area contributed by atoms with Crippen molar-refractivity contribution in [3.05, 3.63) is 11.6 Å².